The quantitative estimate of drug-likeness (QED) is 0.794. The molecule has 0 N–H and O–H groups in total. The van der Waals surface area contributed by atoms with Crippen molar-refractivity contribution in [3.8, 4) is 0 Å². The number of carbonyl (C=O) groups is 2. The van der Waals surface area contributed by atoms with Gasteiger partial charge in [0.25, 0.3) is 0 Å². The molecule has 136 valence electrons. The number of halogens is 2. The fourth-order valence-corrected chi connectivity index (χ4v) is 4.05. The minimum Gasteiger partial charge on any atom is -0.339 e. The largest absolute Gasteiger partial charge is 0.339 e. The van der Waals surface area contributed by atoms with Crippen molar-refractivity contribution >= 4 is 35.0 Å². The van der Waals surface area contributed by atoms with Crippen LogP contribution in [0.15, 0.2) is 18.2 Å². The second-order valence-corrected chi connectivity index (χ2v) is 7.86. The topological polar surface area (TPSA) is 40.6 Å². The zero-order chi connectivity index (χ0) is 17.8. The van der Waals surface area contributed by atoms with Gasteiger partial charge in [-0.3, -0.25) is 9.59 Å². The van der Waals surface area contributed by atoms with E-state index in [0.29, 0.717) is 55.0 Å². The third-order valence-electron chi connectivity index (χ3n) is 5.26. The Bertz CT molecular complexity index is 636. The number of hydrogen-bond acceptors (Lipinski definition) is 2. The summed E-state index contributed by atoms with van der Waals surface area (Å²) in [6, 6.07) is 5.28. The standard InChI is InChI=1S/C19H24Cl2N2O2/c20-16-6-5-15(11-17(16)21)13-19(25)23-9-7-22(8-10-23)18(24)12-14-3-1-2-4-14/h5-6,11,14H,1-4,7-10,12-13H2. The number of carbonyl (C=O) groups excluding carboxylic acids is 2. The van der Waals surface area contributed by atoms with Crippen LogP contribution in [0.4, 0.5) is 0 Å². The van der Waals surface area contributed by atoms with E-state index in [0.717, 1.165) is 5.56 Å². The van der Waals surface area contributed by atoms with Crippen molar-refractivity contribution in [2.75, 3.05) is 26.2 Å². The zero-order valence-corrected chi connectivity index (χ0v) is 15.9. The van der Waals surface area contributed by atoms with E-state index in [1.807, 2.05) is 15.9 Å². The molecule has 0 spiro atoms. The van der Waals surface area contributed by atoms with Crippen LogP contribution in [0.1, 0.15) is 37.7 Å². The van der Waals surface area contributed by atoms with E-state index in [2.05, 4.69) is 0 Å². The lowest BCUT2D eigenvalue weighted by Crippen LogP contribution is -2.51. The van der Waals surface area contributed by atoms with Gasteiger partial charge >= 0.3 is 0 Å². The highest BCUT2D eigenvalue weighted by atomic mass is 35.5. The normalized spacial score (nSPS) is 18.6. The fraction of sp³-hybridized carbons (Fsp3) is 0.579. The third kappa shape index (κ3) is 4.89. The molecule has 25 heavy (non-hydrogen) atoms. The van der Waals surface area contributed by atoms with Crippen LogP contribution < -0.4 is 0 Å². The van der Waals surface area contributed by atoms with Crippen LogP contribution in [0, 0.1) is 5.92 Å². The van der Waals surface area contributed by atoms with Crippen LogP contribution in [0.5, 0.6) is 0 Å². The van der Waals surface area contributed by atoms with E-state index in [-0.39, 0.29) is 11.8 Å². The van der Waals surface area contributed by atoms with E-state index in [9.17, 15) is 9.59 Å². The van der Waals surface area contributed by atoms with Gasteiger partial charge in [-0.05, 0) is 36.5 Å². The molecule has 2 aliphatic rings. The molecule has 1 aromatic carbocycles. The zero-order valence-electron chi connectivity index (χ0n) is 14.3. The van der Waals surface area contributed by atoms with E-state index < -0.39 is 0 Å². The van der Waals surface area contributed by atoms with Crippen molar-refractivity contribution in [2.45, 2.75) is 38.5 Å². The monoisotopic (exact) mass is 382 g/mol. The molecule has 2 amide bonds. The molecule has 2 fully saturated rings. The maximum Gasteiger partial charge on any atom is 0.227 e. The van der Waals surface area contributed by atoms with E-state index in [4.69, 9.17) is 23.2 Å². The maximum absolute atomic E-state index is 12.5. The molecule has 1 saturated heterocycles. The molecular weight excluding hydrogens is 359 g/mol. The van der Waals surface area contributed by atoms with Gasteiger partial charge in [-0.25, -0.2) is 0 Å². The van der Waals surface area contributed by atoms with Crippen molar-refractivity contribution in [3.63, 3.8) is 0 Å². The molecule has 3 rings (SSSR count). The van der Waals surface area contributed by atoms with Crippen LogP contribution in [0.3, 0.4) is 0 Å². The molecule has 0 aromatic heterocycles. The third-order valence-corrected chi connectivity index (χ3v) is 6.00. The molecule has 0 atom stereocenters. The van der Waals surface area contributed by atoms with Crippen molar-refractivity contribution in [1.29, 1.82) is 0 Å². The van der Waals surface area contributed by atoms with Crippen LogP contribution in [0.2, 0.25) is 10.0 Å². The number of rotatable bonds is 4. The van der Waals surface area contributed by atoms with Crippen molar-refractivity contribution in [1.82, 2.24) is 9.80 Å². The summed E-state index contributed by atoms with van der Waals surface area (Å²) in [6.07, 6.45) is 5.88. The first-order valence-electron chi connectivity index (χ1n) is 9.02. The minimum absolute atomic E-state index is 0.0706. The number of nitrogens with zero attached hydrogens (tertiary/aromatic N) is 2. The average molecular weight is 383 g/mol. The molecule has 1 aromatic rings. The molecular formula is C19H24Cl2N2O2. The Morgan fingerprint density at radius 2 is 1.52 bits per heavy atom. The molecule has 1 aliphatic carbocycles. The molecule has 0 unspecified atom stereocenters. The Balaban J connectivity index is 1.46. The first-order chi connectivity index (χ1) is 12.0. The van der Waals surface area contributed by atoms with Crippen molar-refractivity contribution < 1.29 is 9.59 Å². The first-order valence-corrected chi connectivity index (χ1v) is 9.78. The molecule has 4 nitrogen and oxygen atoms in total. The maximum atomic E-state index is 12.5. The number of benzene rings is 1. The van der Waals surface area contributed by atoms with E-state index >= 15 is 0 Å². The SMILES string of the molecule is O=C(Cc1ccc(Cl)c(Cl)c1)N1CCN(C(=O)CC2CCCC2)CC1. The molecule has 1 saturated carbocycles. The summed E-state index contributed by atoms with van der Waals surface area (Å²) >= 11 is 11.9. The van der Waals surface area contributed by atoms with Gasteiger partial charge in [0, 0.05) is 32.6 Å². The lowest BCUT2D eigenvalue weighted by atomic mass is 10.0. The van der Waals surface area contributed by atoms with Gasteiger partial charge in [-0.15, -0.1) is 0 Å². The Morgan fingerprint density at radius 1 is 0.920 bits per heavy atom. The summed E-state index contributed by atoms with van der Waals surface area (Å²) in [4.78, 5) is 28.6. The Morgan fingerprint density at radius 3 is 2.12 bits per heavy atom. The summed E-state index contributed by atoms with van der Waals surface area (Å²) < 4.78 is 0. The predicted octanol–water partition coefficient (Wildman–Crippen LogP) is 3.79. The minimum atomic E-state index is 0.0706. The fourth-order valence-electron chi connectivity index (χ4n) is 3.73. The second-order valence-electron chi connectivity index (χ2n) is 7.04. The van der Waals surface area contributed by atoms with E-state index in [1.165, 1.54) is 25.7 Å². The van der Waals surface area contributed by atoms with Gasteiger partial charge in [0.2, 0.25) is 11.8 Å². The molecule has 1 aliphatic heterocycles. The number of hydrogen-bond donors (Lipinski definition) is 0. The molecule has 0 radical (unpaired) electrons. The summed E-state index contributed by atoms with van der Waals surface area (Å²) in [5, 5.41) is 0.960. The summed E-state index contributed by atoms with van der Waals surface area (Å²) in [5.41, 5.74) is 0.860. The van der Waals surface area contributed by atoms with Gasteiger partial charge in [-0.1, -0.05) is 42.1 Å². The Kier molecular flexibility index (Phi) is 6.24. The Hall–Kier alpha value is -1.26. The van der Waals surface area contributed by atoms with Crippen molar-refractivity contribution in [2.24, 2.45) is 5.92 Å². The number of piperazine rings is 1. The smallest absolute Gasteiger partial charge is 0.227 e. The van der Waals surface area contributed by atoms with Crippen molar-refractivity contribution in [3.05, 3.63) is 33.8 Å². The summed E-state index contributed by atoms with van der Waals surface area (Å²) in [7, 11) is 0. The molecule has 0 bridgehead atoms. The van der Waals surface area contributed by atoms with Crippen LogP contribution in [-0.2, 0) is 16.0 Å². The lowest BCUT2D eigenvalue weighted by molar-refractivity contribution is -0.139. The second kappa shape index (κ2) is 8.41. The average Bonchev–Trinajstić information content (AvgIpc) is 3.11. The first kappa shape index (κ1) is 18.5. The van der Waals surface area contributed by atoms with Gasteiger partial charge in [0.15, 0.2) is 0 Å². The summed E-state index contributed by atoms with van der Waals surface area (Å²) in [6.45, 7) is 2.49. The van der Waals surface area contributed by atoms with Gasteiger partial charge in [-0.2, -0.15) is 0 Å². The van der Waals surface area contributed by atoms with Crippen LogP contribution >= 0.6 is 23.2 Å². The Labute approximate surface area is 159 Å². The highest BCUT2D eigenvalue weighted by Crippen LogP contribution is 2.28. The van der Waals surface area contributed by atoms with Crippen LogP contribution in [0.25, 0.3) is 0 Å². The van der Waals surface area contributed by atoms with Crippen LogP contribution in [-0.4, -0.2) is 47.8 Å². The van der Waals surface area contributed by atoms with Gasteiger partial charge in [0.05, 0.1) is 16.5 Å². The van der Waals surface area contributed by atoms with E-state index in [1.54, 1.807) is 12.1 Å². The van der Waals surface area contributed by atoms with Gasteiger partial charge in [0.1, 0.15) is 0 Å². The lowest BCUT2D eigenvalue weighted by Gasteiger charge is -2.35. The predicted molar refractivity (Wildman–Crippen MR) is 99.9 cm³/mol. The highest BCUT2D eigenvalue weighted by Gasteiger charge is 2.26. The molecule has 6 heteroatoms. The number of amides is 2. The van der Waals surface area contributed by atoms with Gasteiger partial charge < -0.3 is 9.80 Å². The highest BCUT2D eigenvalue weighted by molar-refractivity contribution is 6.42. The molecule has 1 heterocycles. The summed E-state index contributed by atoms with van der Waals surface area (Å²) in [5.74, 6) is 0.895.